The lowest BCUT2D eigenvalue weighted by Gasteiger charge is -2.65. The van der Waals surface area contributed by atoms with Gasteiger partial charge in [-0.05, 0) is 61.1 Å². The summed E-state index contributed by atoms with van der Waals surface area (Å²) in [4.78, 5) is 42.3. The van der Waals surface area contributed by atoms with E-state index in [0.717, 1.165) is 23.3 Å². The van der Waals surface area contributed by atoms with Crippen molar-refractivity contribution in [3.05, 3.63) is 77.4 Å². The van der Waals surface area contributed by atoms with Crippen LogP contribution in [0.25, 0.3) is 6.08 Å². The summed E-state index contributed by atoms with van der Waals surface area (Å²) in [6, 6.07) is 7.63. The molecule has 2 aliphatic carbocycles. The van der Waals surface area contributed by atoms with E-state index in [-0.39, 0.29) is 17.7 Å². The van der Waals surface area contributed by atoms with Gasteiger partial charge in [0.2, 0.25) is 5.91 Å². The zero-order valence-corrected chi connectivity index (χ0v) is 25.4. The first-order valence-electron chi connectivity index (χ1n) is 15.0. The van der Waals surface area contributed by atoms with Gasteiger partial charge >= 0.3 is 18.1 Å². The normalized spacial score (nSPS) is 28.2. The average molecular weight is 625 g/mol. The Morgan fingerprint density at radius 1 is 1.11 bits per heavy atom. The standard InChI is InChI=1S/C34H35F3N2O6/c1-5-17-39-18-16-32-29-23-9-12-26(43-20(2)40)30(29)44-31(32)25(14-15-33(32,27(39)19-23)45-21(3)41)38(4)28(42)13-8-22-6-10-24(11-7-22)34(35,36)37/h5-13,25,27,31H,1,14-19H2,2-4H3/b13-8+/t25?,27-,31?,32+,33-/m1/s1. The largest absolute Gasteiger partial charge is 0.483 e. The maximum absolute atomic E-state index is 13.6. The first-order chi connectivity index (χ1) is 21.3. The van der Waals surface area contributed by atoms with Crippen LogP contribution >= 0.6 is 0 Å². The molecule has 8 nitrogen and oxygen atoms in total. The Labute approximate surface area is 259 Å². The van der Waals surface area contributed by atoms with Crippen molar-refractivity contribution in [3.63, 3.8) is 0 Å². The molecule has 2 unspecified atom stereocenters. The van der Waals surface area contributed by atoms with Crippen molar-refractivity contribution in [3.8, 4) is 11.5 Å². The molecule has 2 bridgehead atoms. The van der Waals surface area contributed by atoms with Crippen molar-refractivity contribution >= 4 is 23.9 Å². The lowest BCUT2D eigenvalue weighted by molar-refractivity contribution is -0.222. The van der Waals surface area contributed by atoms with Crippen molar-refractivity contribution in [2.45, 2.75) is 74.9 Å². The summed E-state index contributed by atoms with van der Waals surface area (Å²) >= 11 is 0. The summed E-state index contributed by atoms with van der Waals surface area (Å²) in [5.41, 5.74) is -0.222. The average Bonchev–Trinajstić information content (AvgIpc) is 3.33. The zero-order valence-electron chi connectivity index (χ0n) is 25.4. The van der Waals surface area contributed by atoms with Crippen LogP contribution in [0.1, 0.15) is 55.4 Å². The fourth-order valence-electron chi connectivity index (χ4n) is 8.28. The Hall–Kier alpha value is -4.12. The quantitative estimate of drug-likeness (QED) is 0.184. The molecule has 0 aromatic heterocycles. The minimum Gasteiger partial charge on any atom is -0.483 e. The van der Waals surface area contributed by atoms with Crippen LogP contribution in [-0.4, -0.2) is 71.6 Å². The molecule has 0 radical (unpaired) electrons. The van der Waals surface area contributed by atoms with E-state index in [1.54, 1.807) is 18.0 Å². The van der Waals surface area contributed by atoms with Crippen LogP contribution in [-0.2, 0) is 37.1 Å². The van der Waals surface area contributed by atoms with Crippen molar-refractivity contribution in [1.29, 1.82) is 0 Å². The number of nitrogens with zero attached hydrogens (tertiary/aromatic N) is 2. The lowest BCUT2D eigenvalue weighted by atomic mass is 9.48. The molecule has 238 valence electrons. The van der Waals surface area contributed by atoms with Crippen molar-refractivity contribution < 1.29 is 41.8 Å². The van der Waals surface area contributed by atoms with Crippen LogP contribution in [0.2, 0.25) is 0 Å². The van der Waals surface area contributed by atoms with Gasteiger partial charge in [0.1, 0.15) is 11.7 Å². The Morgan fingerprint density at radius 2 is 1.84 bits per heavy atom. The molecule has 1 saturated heterocycles. The van der Waals surface area contributed by atoms with Gasteiger partial charge in [-0.25, -0.2) is 0 Å². The van der Waals surface area contributed by atoms with E-state index in [1.807, 2.05) is 12.1 Å². The zero-order chi connectivity index (χ0) is 32.3. The van der Waals surface area contributed by atoms with E-state index in [4.69, 9.17) is 14.2 Å². The molecule has 2 fully saturated rings. The van der Waals surface area contributed by atoms with E-state index in [1.165, 1.54) is 38.1 Å². The number of likely N-dealkylation sites (N-methyl/N-ethyl adjacent to an activating group) is 1. The van der Waals surface area contributed by atoms with Gasteiger partial charge < -0.3 is 19.1 Å². The highest BCUT2D eigenvalue weighted by Gasteiger charge is 2.75. The topological polar surface area (TPSA) is 85.4 Å². The number of carbonyl (C=O) groups is 3. The van der Waals surface area contributed by atoms with Crippen molar-refractivity contribution in [1.82, 2.24) is 9.80 Å². The number of likely N-dealkylation sites (tertiary alicyclic amines) is 1. The number of hydrogen-bond acceptors (Lipinski definition) is 7. The highest BCUT2D eigenvalue weighted by Crippen LogP contribution is 2.67. The number of benzene rings is 2. The molecular weight excluding hydrogens is 589 g/mol. The molecule has 1 amide bonds. The first-order valence-corrected chi connectivity index (χ1v) is 15.0. The second-order valence-electron chi connectivity index (χ2n) is 12.3. The number of amides is 1. The van der Waals surface area contributed by atoms with Crippen LogP contribution in [0.5, 0.6) is 11.5 Å². The molecule has 2 aliphatic heterocycles. The molecule has 6 rings (SSSR count). The van der Waals surface area contributed by atoms with Gasteiger partial charge in [0.25, 0.3) is 0 Å². The summed E-state index contributed by atoms with van der Waals surface area (Å²) in [7, 11) is 1.67. The van der Waals surface area contributed by atoms with E-state index in [2.05, 4.69) is 11.5 Å². The molecule has 5 atom stereocenters. The predicted molar refractivity (Wildman–Crippen MR) is 158 cm³/mol. The Balaban J connectivity index is 1.40. The number of piperidine rings is 1. The highest BCUT2D eigenvalue weighted by atomic mass is 19.4. The Bertz CT molecular complexity index is 1590. The minimum absolute atomic E-state index is 0.168. The fourth-order valence-corrected chi connectivity index (χ4v) is 8.28. The van der Waals surface area contributed by atoms with Gasteiger partial charge in [0.05, 0.1) is 23.1 Å². The second-order valence-corrected chi connectivity index (χ2v) is 12.3. The van der Waals surface area contributed by atoms with Gasteiger partial charge in [0, 0.05) is 45.6 Å². The molecule has 2 aromatic rings. The van der Waals surface area contributed by atoms with Gasteiger partial charge in [0.15, 0.2) is 11.5 Å². The predicted octanol–water partition coefficient (Wildman–Crippen LogP) is 5.08. The molecule has 2 heterocycles. The number of halogens is 3. The monoisotopic (exact) mass is 624 g/mol. The summed E-state index contributed by atoms with van der Waals surface area (Å²) in [6.45, 7) is 7.95. The third-order valence-electron chi connectivity index (χ3n) is 9.93. The number of alkyl halides is 3. The Kier molecular flexibility index (Phi) is 7.58. The number of hydrogen-bond donors (Lipinski definition) is 0. The molecule has 45 heavy (non-hydrogen) atoms. The molecule has 1 spiro atoms. The maximum atomic E-state index is 13.6. The summed E-state index contributed by atoms with van der Waals surface area (Å²) in [5.74, 6) is -0.543. The molecule has 11 heteroatoms. The minimum atomic E-state index is -4.45. The smallest absolute Gasteiger partial charge is 0.416 e. The maximum Gasteiger partial charge on any atom is 0.416 e. The number of ether oxygens (including phenoxy) is 3. The fraction of sp³-hybridized carbons (Fsp3) is 0.441. The molecule has 0 N–H and O–H groups in total. The van der Waals surface area contributed by atoms with Gasteiger partial charge in [-0.2, -0.15) is 13.2 Å². The second kappa shape index (κ2) is 11.0. The van der Waals surface area contributed by atoms with Crippen LogP contribution in [0.4, 0.5) is 13.2 Å². The van der Waals surface area contributed by atoms with E-state index in [9.17, 15) is 27.6 Å². The summed E-state index contributed by atoms with van der Waals surface area (Å²) < 4.78 is 57.8. The van der Waals surface area contributed by atoms with E-state index in [0.29, 0.717) is 50.1 Å². The number of carbonyl (C=O) groups excluding carboxylic acids is 3. The van der Waals surface area contributed by atoms with E-state index < -0.39 is 46.8 Å². The lowest BCUT2D eigenvalue weighted by Crippen LogP contribution is -2.79. The number of esters is 2. The van der Waals surface area contributed by atoms with E-state index >= 15 is 0 Å². The molecule has 2 aromatic carbocycles. The highest BCUT2D eigenvalue weighted by molar-refractivity contribution is 5.92. The third-order valence-corrected chi connectivity index (χ3v) is 9.93. The van der Waals surface area contributed by atoms with Gasteiger partial charge in [-0.1, -0.05) is 24.3 Å². The van der Waals surface area contributed by atoms with Gasteiger partial charge in [-0.15, -0.1) is 6.58 Å². The van der Waals surface area contributed by atoms with Crippen LogP contribution in [0.15, 0.2) is 55.1 Å². The van der Waals surface area contributed by atoms with Crippen LogP contribution in [0.3, 0.4) is 0 Å². The van der Waals surface area contributed by atoms with Gasteiger partial charge in [-0.3, -0.25) is 19.3 Å². The third kappa shape index (κ3) is 4.83. The van der Waals surface area contributed by atoms with Crippen LogP contribution < -0.4 is 9.47 Å². The van der Waals surface area contributed by atoms with Crippen LogP contribution in [0, 0.1) is 0 Å². The molecule has 1 saturated carbocycles. The molecular formula is C34H35F3N2O6. The van der Waals surface area contributed by atoms with Crippen molar-refractivity contribution in [2.75, 3.05) is 20.1 Å². The molecule has 4 aliphatic rings. The first kappa shape index (κ1) is 30.9. The number of rotatable bonds is 7. The summed E-state index contributed by atoms with van der Waals surface area (Å²) in [5, 5.41) is 0. The summed E-state index contributed by atoms with van der Waals surface area (Å²) in [6.07, 6.45) is 1.67. The Morgan fingerprint density at radius 3 is 2.49 bits per heavy atom. The van der Waals surface area contributed by atoms with Crippen molar-refractivity contribution in [2.24, 2.45) is 0 Å². The SMILES string of the molecule is C=CCN1CC[C@]23c4c5ccc(OC(C)=O)c4OC2C(N(C)C(=O)/C=C/c2ccc(C(F)(F)F)cc2)CC[C@@]3(OC(C)=O)[C@H]1C5.